The molecule has 0 saturated carbocycles. The summed E-state index contributed by atoms with van der Waals surface area (Å²) in [5.41, 5.74) is 6.84. The minimum absolute atomic E-state index is 0.183. The van der Waals surface area contributed by atoms with Gasteiger partial charge in [0.15, 0.2) is 0 Å². The lowest BCUT2D eigenvalue weighted by Crippen LogP contribution is -2.21. The molecule has 2 aromatic carbocycles. The second-order valence-electron chi connectivity index (χ2n) is 5.80. The summed E-state index contributed by atoms with van der Waals surface area (Å²) in [7, 11) is 0. The van der Waals surface area contributed by atoms with E-state index in [1.807, 2.05) is 6.07 Å². The highest BCUT2D eigenvalue weighted by Crippen LogP contribution is 2.35. The Bertz CT molecular complexity index is 955. The number of rotatable bonds is 1. The second-order valence-corrected chi connectivity index (χ2v) is 5.80. The molecule has 3 aromatic rings. The van der Waals surface area contributed by atoms with E-state index >= 15 is 0 Å². The molecule has 124 valence electrons. The number of alkyl halides is 3. The summed E-state index contributed by atoms with van der Waals surface area (Å²) < 4.78 is 41.0. The lowest BCUT2D eigenvalue weighted by Gasteiger charge is -2.13. The fourth-order valence-corrected chi connectivity index (χ4v) is 2.75. The SMILES string of the molecule is Cc1ccc(C)c(C(=O)n2c(C(F)(F)F)cc3cc(N)ccc32)c1. The molecule has 0 saturated heterocycles. The molecule has 0 bridgehead atoms. The standard InChI is InChI=1S/C18H15F3N2O/c1-10-3-4-11(2)14(7-10)17(24)23-15-6-5-13(22)8-12(15)9-16(23)18(19,20)21/h3-9H,22H2,1-2H3. The van der Waals surface area contributed by atoms with E-state index in [-0.39, 0.29) is 16.5 Å². The van der Waals surface area contributed by atoms with Gasteiger partial charge in [0.2, 0.25) is 0 Å². The van der Waals surface area contributed by atoms with Crippen molar-refractivity contribution in [3.05, 3.63) is 64.8 Å². The van der Waals surface area contributed by atoms with Gasteiger partial charge in [0.1, 0.15) is 5.69 Å². The predicted molar refractivity (Wildman–Crippen MR) is 87.0 cm³/mol. The lowest BCUT2D eigenvalue weighted by molar-refractivity contribution is -0.142. The number of halogens is 3. The molecule has 3 rings (SSSR count). The molecule has 0 atom stereocenters. The summed E-state index contributed by atoms with van der Waals surface area (Å²) in [6.45, 7) is 3.49. The van der Waals surface area contributed by atoms with Crippen molar-refractivity contribution < 1.29 is 18.0 Å². The fourth-order valence-electron chi connectivity index (χ4n) is 2.75. The normalized spacial score (nSPS) is 11.9. The van der Waals surface area contributed by atoms with Gasteiger partial charge in [-0.05, 0) is 49.7 Å². The van der Waals surface area contributed by atoms with Crippen LogP contribution in [0.2, 0.25) is 0 Å². The van der Waals surface area contributed by atoms with Crippen LogP contribution in [0.5, 0.6) is 0 Å². The van der Waals surface area contributed by atoms with Crippen LogP contribution in [-0.4, -0.2) is 10.5 Å². The van der Waals surface area contributed by atoms with Crippen LogP contribution in [-0.2, 0) is 6.18 Å². The monoisotopic (exact) mass is 332 g/mol. The quantitative estimate of drug-likeness (QED) is 0.665. The Balaban J connectivity index is 2.31. The highest BCUT2D eigenvalue weighted by atomic mass is 19.4. The molecule has 1 aromatic heterocycles. The van der Waals surface area contributed by atoms with Crippen LogP contribution in [0.4, 0.5) is 18.9 Å². The number of carbonyl (C=O) groups is 1. The molecular weight excluding hydrogens is 317 g/mol. The van der Waals surface area contributed by atoms with E-state index in [0.717, 1.165) is 16.2 Å². The Hall–Kier alpha value is -2.76. The van der Waals surface area contributed by atoms with Crippen LogP contribution in [0.15, 0.2) is 42.5 Å². The first-order chi connectivity index (χ1) is 11.2. The molecule has 0 unspecified atom stereocenters. The molecule has 0 aliphatic heterocycles. The van der Waals surface area contributed by atoms with Crippen molar-refractivity contribution in [2.75, 3.05) is 5.73 Å². The van der Waals surface area contributed by atoms with Crippen molar-refractivity contribution in [2.45, 2.75) is 20.0 Å². The number of anilines is 1. The Morgan fingerprint density at radius 2 is 1.75 bits per heavy atom. The largest absolute Gasteiger partial charge is 0.431 e. The smallest absolute Gasteiger partial charge is 0.399 e. The second kappa shape index (κ2) is 5.40. The van der Waals surface area contributed by atoms with Crippen LogP contribution in [0, 0.1) is 13.8 Å². The average molecular weight is 332 g/mol. The summed E-state index contributed by atoms with van der Waals surface area (Å²) >= 11 is 0. The molecule has 3 nitrogen and oxygen atoms in total. The number of nitrogens with zero attached hydrogens (tertiary/aromatic N) is 1. The van der Waals surface area contributed by atoms with Gasteiger partial charge < -0.3 is 5.73 Å². The van der Waals surface area contributed by atoms with E-state index < -0.39 is 17.8 Å². The van der Waals surface area contributed by atoms with Crippen LogP contribution in [0.3, 0.4) is 0 Å². The van der Waals surface area contributed by atoms with E-state index in [1.165, 1.54) is 18.2 Å². The maximum absolute atomic E-state index is 13.4. The first-order valence-corrected chi connectivity index (χ1v) is 7.28. The Morgan fingerprint density at radius 3 is 2.42 bits per heavy atom. The van der Waals surface area contributed by atoms with Gasteiger partial charge in [-0.15, -0.1) is 0 Å². The Kier molecular flexibility index (Phi) is 3.63. The molecule has 0 radical (unpaired) electrons. The summed E-state index contributed by atoms with van der Waals surface area (Å²) in [4.78, 5) is 12.9. The summed E-state index contributed by atoms with van der Waals surface area (Å²) in [5.74, 6) is -0.705. The van der Waals surface area contributed by atoms with E-state index in [1.54, 1.807) is 26.0 Å². The number of carbonyl (C=O) groups excluding carboxylic acids is 1. The Morgan fingerprint density at radius 1 is 1.04 bits per heavy atom. The third-order valence-corrected chi connectivity index (χ3v) is 3.94. The minimum atomic E-state index is -4.65. The van der Waals surface area contributed by atoms with Crippen molar-refractivity contribution in [1.29, 1.82) is 0 Å². The van der Waals surface area contributed by atoms with Crippen molar-refractivity contribution >= 4 is 22.5 Å². The van der Waals surface area contributed by atoms with Crippen molar-refractivity contribution in [2.24, 2.45) is 0 Å². The van der Waals surface area contributed by atoms with Crippen molar-refractivity contribution in [3.63, 3.8) is 0 Å². The highest BCUT2D eigenvalue weighted by molar-refractivity contribution is 6.04. The zero-order valence-electron chi connectivity index (χ0n) is 13.1. The molecule has 1 heterocycles. The number of nitrogen functional groups attached to an aromatic ring is 1. The minimum Gasteiger partial charge on any atom is -0.399 e. The number of aryl methyl sites for hydroxylation is 2. The van der Waals surface area contributed by atoms with Gasteiger partial charge in [-0.25, -0.2) is 0 Å². The number of fused-ring (bicyclic) bond motifs is 1. The van der Waals surface area contributed by atoms with E-state index in [0.29, 0.717) is 11.3 Å². The molecule has 0 amide bonds. The third-order valence-electron chi connectivity index (χ3n) is 3.94. The molecule has 6 heteroatoms. The molecule has 2 N–H and O–H groups in total. The van der Waals surface area contributed by atoms with Gasteiger partial charge >= 0.3 is 6.18 Å². The van der Waals surface area contributed by atoms with Gasteiger partial charge in [0.05, 0.1) is 5.52 Å². The van der Waals surface area contributed by atoms with Gasteiger partial charge in [-0.2, -0.15) is 13.2 Å². The third kappa shape index (κ3) is 2.64. The van der Waals surface area contributed by atoms with E-state index in [4.69, 9.17) is 5.73 Å². The van der Waals surface area contributed by atoms with Crippen LogP contribution >= 0.6 is 0 Å². The number of hydrogen-bond donors (Lipinski definition) is 1. The molecular formula is C18H15F3N2O. The number of hydrogen-bond acceptors (Lipinski definition) is 2. The van der Waals surface area contributed by atoms with Gasteiger partial charge in [-0.3, -0.25) is 9.36 Å². The predicted octanol–water partition coefficient (Wildman–Crippen LogP) is 4.55. The van der Waals surface area contributed by atoms with Crippen LogP contribution in [0.1, 0.15) is 27.2 Å². The van der Waals surface area contributed by atoms with E-state index in [2.05, 4.69) is 0 Å². The average Bonchev–Trinajstić information content (AvgIpc) is 2.87. The Labute approximate surface area is 136 Å². The molecule has 0 aliphatic rings. The lowest BCUT2D eigenvalue weighted by atomic mass is 10.0. The number of aromatic nitrogens is 1. The highest BCUT2D eigenvalue weighted by Gasteiger charge is 2.37. The fraction of sp³-hybridized carbons (Fsp3) is 0.167. The molecule has 0 fully saturated rings. The first-order valence-electron chi connectivity index (χ1n) is 7.28. The van der Waals surface area contributed by atoms with Gasteiger partial charge in [-0.1, -0.05) is 17.7 Å². The van der Waals surface area contributed by atoms with E-state index in [9.17, 15) is 18.0 Å². The maximum Gasteiger partial charge on any atom is 0.431 e. The van der Waals surface area contributed by atoms with Gasteiger partial charge in [0.25, 0.3) is 5.91 Å². The summed E-state index contributed by atoms with van der Waals surface area (Å²) in [6.07, 6.45) is -4.65. The molecule has 0 aliphatic carbocycles. The topological polar surface area (TPSA) is 48.0 Å². The zero-order chi connectivity index (χ0) is 17.6. The van der Waals surface area contributed by atoms with Crippen LogP contribution < -0.4 is 5.73 Å². The number of benzene rings is 2. The van der Waals surface area contributed by atoms with Crippen molar-refractivity contribution in [3.8, 4) is 0 Å². The van der Waals surface area contributed by atoms with Crippen molar-refractivity contribution in [1.82, 2.24) is 4.57 Å². The molecule has 24 heavy (non-hydrogen) atoms. The van der Waals surface area contributed by atoms with Gasteiger partial charge in [0, 0.05) is 16.6 Å². The molecule has 0 spiro atoms. The van der Waals surface area contributed by atoms with Crippen LogP contribution in [0.25, 0.3) is 10.9 Å². The summed E-state index contributed by atoms with van der Waals surface area (Å²) in [6, 6.07) is 10.4. The first kappa shape index (κ1) is 16.1. The maximum atomic E-state index is 13.4. The number of nitrogens with two attached hydrogens (primary N) is 1. The zero-order valence-corrected chi connectivity index (χ0v) is 13.1. The summed E-state index contributed by atoms with van der Waals surface area (Å²) in [5, 5.41) is 0.279.